The quantitative estimate of drug-likeness (QED) is 0.865. The van der Waals surface area contributed by atoms with Gasteiger partial charge in [-0.15, -0.1) is 12.4 Å². The lowest BCUT2D eigenvalue weighted by Crippen LogP contribution is -2.47. The Morgan fingerprint density at radius 3 is 2.40 bits per heavy atom. The topological polar surface area (TPSA) is 46.3 Å². The van der Waals surface area contributed by atoms with Crippen LogP contribution in [-0.2, 0) is 10.2 Å². The Kier molecular flexibility index (Phi) is 3.11. The maximum Gasteiger partial charge on any atom is 0.247 e. The summed E-state index contributed by atoms with van der Waals surface area (Å²) in [6.07, 6.45) is 6.68. The number of para-hydroxylation sites is 1. The van der Waals surface area contributed by atoms with Crippen molar-refractivity contribution in [1.82, 2.24) is 0 Å². The zero-order valence-corrected chi connectivity index (χ0v) is 12.4. The molecule has 1 amide bonds. The number of hydrogen-bond donors (Lipinski definition) is 1. The third kappa shape index (κ3) is 1.80. The second-order valence-electron chi connectivity index (χ2n) is 6.55. The van der Waals surface area contributed by atoms with E-state index in [1.54, 1.807) is 0 Å². The van der Waals surface area contributed by atoms with Crippen molar-refractivity contribution in [3.8, 4) is 0 Å². The molecular formula is C16H21ClN2O. The molecule has 1 heterocycles. The van der Waals surface area contributed by atoms with Crippen molar-refractivity contribution in [2.45, 2.75) is 49.5 Å². The van der Waals surface area contributed by atoms with Crippen molar-refractivity contribution >= 4 is 24.0 Å². The Hall–Kier alpha value is -1.06. The zero-order chi connectivity index (χ0) is 13.1. The molecule has 0 atom stereocenters. The number of rotatable bonds is 1. The van der Waals surface area contributed by atoms with Crippen LogP contribution in [0.3, 0.4) is 0 Å². The Balaban J connectivity index is 0.00000121. The molecular weight excluding hydrogens is 272 g/mol. The highest BCUT2D eigenvalue weighted by molar-refractivity contribution is 6.04. The van der Waals surface area contributed by atoms with E-state index in [2.05, 4.69) is 18.2 Å². The summed E-state index contributed by atoms with van der Waals surface area (Å²) in [5.74, 6) is 0.142. The summed E-state index contributed by atoms with van der Waals surface area (Å²) in [5, 5.41) is 0. The van der Waals surface area contributed by atoms with Crippen molar-refractivity contribution in [1.29, 1.82) is 0 Å². The summed E-state index contributed by atoms with van der Waals surface area (Å²) in [5.41, 5.74) is 8.28. The first-order valence-corrected chi connectivity index (χ1v) is 7.35. The SMILES string of the molecule is Cl.NC1(C(=O)N2CC3(CCCC3)c3ccccc32)CC1. The fourth-order valence-corrected chi connectivity index (χ4v) is 3.91. The van der Waals surface area contributed by atoms with Crippen molar-refractivity contribution < 1.29 is 4.79 Å². The Labute approximate surface area is 125 Å². The Bertz CT molecular complexity index is 547. The minimum Gasteiger partial charge on any atom is -0.317 e. The third-order valence-corrected chi connectivity index (χ3v) is 5.25. The molecule has 4 rings (SSSR count). The molecule has 0 unspecified atom stereocenters. The number of hydrogen-bond acceptors (Lipinski definition) is 2. The molecule has 4 heteroatoms. The minimum absolute atomic E-state index is 0. The fourth-order valence-electron chi connectivity index (χ4n) is 3.91. The highest BCUT2D eigenvalue weighted by Crippen LogP contribution is 2.51. The smallest absolute Gasteiger partial charge is 0.247 e. The van der Waals surface area contributed by atoms with E-state index in [4.69, 9.17) is 5.73 Å². The van der Waals surface area contributed by atoms with Gasteiger partial charge in [0.1, 0.15) is 0 Å². The molecule has 2 saturated carbocycles. The van der Waals surface area contributed by atoms with Crippen LogP contribution >= 0.6 is 12.4 Å². The van der Waals surface area contributed by atoms with E-state index in [9.17, 15) is 4.79 Å². The van der Waals surface area contributed by atoms with Gasteiger partial charge in [-0.25, -0.2) is 0 Å². The van der Waals surface area contributed by atoms with Gasteiger partial charge in [-0.2, -0.15) is 0 Å². The molecule has 1 aromatic carbocycles. The molecule has 3 nitrogen and oxygen atoms in total. The van der Waals surface area contributed by atoms with Gasteiger partial charge in [0.2, 0.25) is 5.91 Å². The highest BCUT2D eigenvalue weighted by Gasteiger charge is 2.53. The second kappa shape index (κ2) is 4.47. The first kappa shape index (κ1) is 13.9. The molecule has 3 aliphatic rings. The number of amides is 1. The van der Waals surface area contributed by atoms with Crippen LogP contribution in [-0.4, -0.2) is 18.0 Å². The van der Waals surface area contributed by atoms with Crippen LogP contribution in [0.5, 0.6) is 0 Å². The average molecular weight is 293 g/mol. The second-order valence-corrected chi connectivity index (χ2v) is 6.55. The van der Waals surface area contributed by atoms with Crippen LogP contribution in [0.1, 0.15) is 44.1 Å². The molecule has 1 aromatic rings. The van der Waals surface area contributed by atoms with Gasteiger partial charge >= 0.3 is 0 Å². The van der Waals surface area contributed by atoms with Crippen molar-refractivity contribution in [2.75, 3.05) is 11.4 Å². The summed E-state index contributed by atoms with van der Waals surface area (Å²) < 4.78 is 0. The lowest BCUT2D eigenvalue weighted by Gasteiger charge is -2.26. The van der Waals surface area contributed by atoms with E-state index in [1.807, 2.05) is 11.0 Å². The number of halogens is 1. The van der Waals surface area contributed by atoms with E-state index in [0.29, 0.717) is 0 Å². The average Bonchev–Trinajstić information content (AvgIpc) is 2.91. The van der Waals surface area contributed by atoms with Crippen molar-refractivity contribution in [3.63, 3.8) is 0 Å². The van der Waals surface area contributed by atoms with Gasteiger partial charge in [0, 0.05) is 17.6 Å². The number of nitrogens with zero attached hydrogens (tertiary/aromatic N) is 1. The molecule has 108 valence electrons. The van der Waals surface area contributed by atoms with Gasteiger partial charge in [0.15, 0.2) is 0 Å². The molecule has 0 saturated heterocycles. The first-order valence-electron chi connectivity index (χ1n) is 7.35. The van der Waals surface area contributed by atoms with Gasteiger partial charge in [-0.3, -0.25) is 4.79 Å². The van der Waals surface area contributed by atoms with Crippen LogP contribution in [0, 0.1) is 0 Å². The molecule has 1 spiro atoms. The molecule has 2 N–H and O–H groups in total. The summed E-state index contributed by atoms with van der Waals surface area (Å²) in [7, 11) is 0. The summed E-state index contributed by atoms with van der Waals surface area (Å²) in [6, 6.07) is 8.43. The lowest BCUT2D eigenvalue weighted by molar-refractivity contribution is -0.120. The van der Waals surface area contributed by atoms with Crippen LogP contribution < -0.4 is 10.6 Å². The molecule has 2 fully saturated rings. The number of carbonyl (C=O) groups is 1. The first-order chi connectivity index (χ1) is 9.15. The van der Waals surface area contributed by atoms with Crippen LogP contribution in [0.4, 0.5) is 5.69 Å². The molecule has 2 aliphatic carbocycles. The standard InChI is InChI=1S/C16H20N2O.ClH/c17-16(9-10-16)14(19)18-11-15(7-3-4-8-15)12-5-1-2-6-13(12)18;/h1-2,5-6H,3-4,7-11,17H2;1H. The molecule has 0 radical (unpaired) electrons. The molecule has 0 bridgehead atoms. The number of benzene rings is 1. The van der Waals surface area contributed by atoms with Crippen LogP contribution in [0.25, 0.3) is 0 Å². The Morgan fingerprint density at radius 2 is 1.75 bits per heavy atom. The maximum atomic E-state index is 12.6. The maximum absolute atomic E-state index is 12.6. The summed E-state index contributed by atoms with van der Waals surface area (Å²) in [4.78, 5) is 14.6. The van der Waals surface area contributed by atoms with Gasteiger partial charge in [-0.1, -0.05) is 31.0 Å². The third-order valence-electron chi connectivity index (χ3n) is 5.25. The largest absolute Gasteiger partial charge is 0.317 e. The van der Waals surface area contributed by atoms with Crippen LogP contribution in [0.15, 0.2) is 24.3 Å². The minimum atomic E-state index is -0.558. The summed E-state index contributed by atoms with van der Waals surface area (Å²) >= 11 is 0. The predicted molar refractivity (Wildman–Crippen MR) is 82.3 cm³/mol. The zero-order valence-electron chi connectivity index (χ0n) is 11.6. The van der Waals surface area contributed by atoms with E-state index in [-0.39, 0.29) is 23.7 Å². The molecule has 0 aromatic heterocycles. The normalized spacial score (nSPS) is 24.4. The molecule has 20 heavy (non-hydrogen) atoms. The fraction of sp³-hybridized carbons (Fsp3) is 0.562. The molecule has 1 aliphatic heterocycles. The number of carbonyl (C=O) groups excluding carboxylic acids is 1. The highest BCUT2D eigenvalue weighted by atomic mass is 35.5. The van der Waals surface area contributed by atoms with E-state index in [0.717, 1.165) is 25.1 Å². The Morgan fingerprint density at radius 1 is 1.10 bits per heavy atom. The number of fused-ring (bicyclic) bond motifs is 2. The van der Waals surface area contributed by atoms with E-state index >= 15 is 0 Å². The van der Waals surface area contributed by atoms with Gasteiger partial charge in [0.05, 0.1) is 5.54 Å². The predicted octanol–water partition coefficient (Wildman–Crippen LogP) is 2.76. The van der Waals surface area contributed by atoms with Crippen molar-refractivity contribution in [2.24, 2.45) is 5.73 Å². The van der Waals surface area contributed by atoms with E-state index < -0.39 is 5.54 Å². The lowest BCUT2D eigenvalue weighted by atomic mass is 9.81. The monoisotopic (exact) mass is 292 g/mol. The van der Waals surface area contributed by atoms with Gasteiger partial charge < -0.3 is 10.6 Å². The van der Waals surface area contributed by atoms with Gasteiger partial charge in [0.25, 0.3) is 0 Å². The number of anilines is 1. The number of nitrogens with two attached hydrogens (primary N) is 1. The van der Waals surface area contributed by atoms with Gasteiger partial charge in [-0.05, 0) is 37.3 Å². The summed E-state index contributed by atoms with van der Waals surface area (Å²) in [6.45, 7) is 0.851. The van der Waals surface area contributed by atoms with Crippen LogP contribution in [0.2, 0.25) is 0 Å². The van der Waals surface area contributed by atoms with Crippen molar-refractivity contribution in [3.05, 3.63) is 29.8 Å². The van der Waals surface area contributed by atoms with E-state index in [1.165, 1.54) is 31.2 Å².